The van der Waals surface area contributed by atoms with Crippen LogP contribution in [0.1, 0.15) is 40.0 Å². The molecule has 1 aliphatic heterocycles. The molecule has 5 heteroatoms. The Hall–Kier alpha value is -1.39. The van der Waals surface area contributed by atoms with Crippen molar-refractivity contribution in [2.75, 3.05) is 13.2 Å². The minimum atomic E-state index is -0.701. The fraction of sp³-hybridized carbons (Fsp3) is 0.800. The summed E-state index contributed by atoms with van der Waals surface area (Å²) in [6.07, 6.45) is 2.78. The molecule has 2 rings (SSSR count). The molecular formula is C15H23NO4. The number of hydrogen-bond acceptors (Lipinski definition) is 4. The lowest BCUT2D eigenvalue weighted by molar-refractivity contribution is -0.133. The maximum atomic E-state index is 12.1. The number of carbonyl (C=O) groups is 3. The molecule has 3 unspecified atom stereocenters. The summed E-state index contributed by atoms with van der Waals surface area (Å²) in [4.78, 5) is 37.5. The van der Waals surface area contributed by atoms with E-state index < -0.39 is 5.92 Å². The Morgan fingerprint density at radius 2 is 1.85 bits per heavy atom. The molecule has 112 valence electrons. The number of Topliss-reactive ketones (excluding diaryl/α,β-unsaturated/α-hetero) is 2. The molecule has 2 aliphatic rings. The van der Waals surface area contributed by atoms with E-state index in [0.29, 0.717) is 19.1 Å². The highest BCUT2D eigenvalue weighted by molar-refractivity contribution is 6.01. The van der Waals surface area contributed by atoms with Crippen LogP contribution in [0.15, 0.2) is 0 Å². The Morgan fingerprint density at radius 1 is 1.20 bits per heavy atom. The topological polar surface area (TPSA) is 63.7 Å². The van der Waals surface area contributed by atoms with Gasteiger partial charge in [0, 0.05) is 6.54 Å². The van der Waals surface area contributed by atoms with Crippen LogP contribution in [-0.2, 0) is 14.3 Å². The van der Waals surface area contributed by atoms with Gasteiger partial charge in [0.25, 0.3) is 0 Å². The molecule has 0 bridgehead atoms. The van der Waals surface area contributed by atoms with Gasteiger partial charge in [0.15, 0.2) is 0 Å². The van der Waals surface area contributed by atoms with Crippen molar-refractivity contribution in [3.63, 3.8) is 0 Å². The Bertz CT molecular complexity index is 406. The molecular weight excluding hydrogens is 258 g/mol. The van der Waals surface area contributed by atoms with Crippen molar-refractivity contribution in [1.29, 1.82) is 0 Å². The van der Waals surface area contributed by atoms with Crippen molar-refractivity contribution >= 4 is 17.7 Å². The highest BCUT2D eigenvalue weighted by atomic mass is 16.6. The van der Waals surface area contributed by atoms with Crippen molar-refractivity contribution in [3.8, 4) is 0 Å². The summed E-state index contributed by atoms with van der Waals surface area (Å²) >= 11 is 0. The molecule has 1 saturated carbocycles. The van der Waals surface area contributed by atoms with Crippen molar-refractivity contribution < 1.29 is 19.1 Å². The van der Waals surface area contributed by atoms with Crippen LogP contribution in [0.3, 0.4) is 0 Å². The Balaban J connectivity index is 2.29. The molecule has 0 aromatic rings. The SMILES string of the molecule is CCOC(=O)N1CC2CCCC2C1C(C(C)=O)C(C)=O. The van der Waals surface area contributed by atoms with Crippen LogP contribution in [0.25, 0.3) is 0 Å². The van der Waals surface area contributed by atoms with Crippen LogP contribution in [-0.4, -0.2) is 41.8 Å². The van der Waals surface area contributed by atoms with Gasteiger partial charge in [-0.15, -0.1) is 0 Å². The van der Waals surface area contributed by atoms with E-state index in [1.807, 2.05) is 0 Å². The average molecular weight is 281 g/mol. The predicted molar refractivity (Wildman–Crippen MR) is 73.2 cm³/mol. The van der Waals surface area contributed by atoms with Gasteiger partial charge in [-0.1, -0.05) is 6.42 Å². The van der Waals surface area contributed by atoms with E-state index in [1.54, 1.807) is 11.8 Å². The van der Waals surface area contributed by atoms with Gasteiger partial charge in [0.1, 0.15) is 11.6 Å². The summed E-state index contributed by atoms with van der Waals surface area (Å²) in [7, 11) is 0. The minimum absolute atomic E-state index is 0.149. The zero-order valence-corrected chi connectivity index (χ0v) is 12.4. The monoisotopic (exact) mass is 281 g/mol. The zero-order chi connectivity index (χ0) is 14.9. The van der Waals surface area contributed by atoms with E-state index in [0.717, 1.165) is 19.3 Å². The summed E-state index contributed by atoms with van der Waals surface area (Å²) in [5, 5.41) is 0. The van der Waals surface area contributed by atoms with Crippen LogP contribution in [0.4, 0.5) is 4.79 Å². The molecule has 3 atom stereocenters. The summed E-state index contributed by atoms with van der Waals surface area (Å²) < 4.78 is 5.10. The van der Waals surface area contributed by atoms with Crippen LogP contribution >= 0.6 is 0 Å². The second-order valence-electron chi connectivity index (χ2n) is 5.90. The van der Waals surface area contributed by atoms with Gasteiger partial charge in [-0.05, 0) is 45.4 Å². The standard InChI is InChI=1S/C15H23NO4/c1-4-20-15(19)16-8-11-6-5-7-12(11)14(16)13(9(2)17)10(3)18/h11-14H,4-8H2,1-3H3. The fourth-order valence-corrected chi connectivity index (χ4v) is 3.94. The van der Waals surface area contributed by atoms with E-state index in [2.05, 4.69) is 0 Å². The molecule has 1 amide bonds. The van der Waals surface area contributed by atoms with Crippen LogP contribution in [0.2, 0.25) is 0 Å². The third-order valence-corrected chi connectivity index (χ3v) is 4.67. The quantitative estimate of drug-likeness (QED) is 0.740. The van der Waals surface area contributed by atoms with Crippen molar-refractivity contribution in [1.82, 2.24) is 4.90 Å². The van der Waals surface area contributed by atoms with E-state index in [4.69, 9.17) is 4.74 Å². The lowest BCUT2D eigenvalue weighted by Gasteiger charge is -2.31. The highest BCUT2D eigenvalue weighted by Crippen LogP contribution is 2.45. The number of hydrogen-bond donors (Lipinski definition) is 0. The summed E-state index contributed by atoms with van der Waals surface area (Å²) in [6.45, 7) is 5.57. The van der Waals surface area contributed by atoms with Crippen LogP contribution in [0, 0.1) is 17.8 Å². The number of amides is 1. The van der Waals surface area contributed by atoms with Gasteiger partial charge in [-0.25, -0.2) is 4.79 Å². The number of nitrogens with zero attached hydrogens (tertiary/aromatic N) is 1. The van der Waals surface area contributed by atoms with Crippen LogP contribution in [0.5, 0.6) is 0 Å². The lowest BCUT2D eigenvalue weighted by Crippen LogP contribution is -2.47. The first-order valence-electron chi connectivity index (χ1n) is 7.41. The number of fused-ring (bicyclic) bond motifs is 1. The molecule has 1 saturated heterocycles. The van der Waals surface area contributed by atoms with Gasteiger partial charge < -0.3 is 9.64 Å². The van der Waals surface area contributed by atoms with Gasteiger partial charge in [-0.3, -0.25) is 9.59 Å². The molecule has 1 heterocycles. The first kappa shape index (κ1) is 15.0. The maximum absolute atomic E-state index is 12.1. The molecule has 0 aromatic carbocycles. The molecule has 0 radical (unpaired) electrons. The Labute approximate surface area is 119 Å². The van der Waals surface area contributed by atoms with Gasteiger partial charge in [0.2, 0.25) is 0 Å². The second-order valence-corrected chi connectivity index (χ2v) is 5.90. The summed E-state index contributed by atoms with van der Waals surface area (Å²) in [6, 6.07) is -0.309. The molecule has 5 nitrogen and oxygen atoms in total. The number of likely N-dealkylation sites (tertiary alicyclic amines) is 1. The molecule has 1 aliphatic carbocycles. The van der Waals surface area contributed by atoms with E-state index in [1.165, 1.54) is 13.8 Å². The van der Waals surface area contributed by atoms with Crippen molar-refractivity contribution in [2.24, 2.45) is 17.8 Å². The predicted octanol–water partition coefficient (Wildman–Crippen LogP) is 2.04. The van der Waals surface area contributed by atoms with E-state index in [-0.39, 0.29) is 29.6 Å². The minimum Gasteiger partial charge on any atom is -0.450 e. The molecule has 0 spiro atoms. The highest BCUT2D eigenvalue weighted by Gasteiger charge is 2.51. The average Bonchev–Trinajstić information content (AvgIpc) is 2.91. The number of rotatable bonds is 4. The first-order chi connectivity index (χ1) is 9.47. The van der Waals surface area contributed by atoms with Crippen molar-refractivity contribution in [2.45, 2.75) is 46.1 Å². The molecule has 2 fully saturated rings. The Kier molecular flexibility index (Phi) is 4.45. The number of carbonyl (C=O) groups excluding carboxylic acids is 3. The van der Waals surface area contributed by atoms with E-state index in [9.17, 15) is 14.4 Å². The lowest BCUT2D eigenvalue weighted by atomic mass is 9.82. The Morgan fingerprint density at radius 3 is 2.40 bits per heavy atom. The van der Waals surface area contributed by atoms with Crippen LogP contribution < -0.4 is 0 Å². The molecule has 0 N–H and O–H groups in total. The third-order valence-electron chi connectivity index (χ3n) is 4.67. The largest absolute Gasteiger partial charge is 0.450 e. The summed E-state index contributed by atoms with van der Waals surface area (Å²) in [5.74, 6) is -0.330. The maximum Gasteiger partial charge on any atom is 0.410 e. The second kappa shape index (κ2) is 5.94. The number of ketones is 2. The first-order valence-corrected chi connectivity index (χ1v) is 7.41. The smallest absolute Gasteiger partial charge is 0.410 e. The van der Waals surface area contributed by atoms with Crippen molar-refractivity contribution in [3.05, 3.63) is 0 Å². The molecule has 0 aromatic heterocycles. The van der Waals surface area contributed by atoms with Gasteiger partial charge in [0.05, 0.1) is 18.6 Å². The third kappa shape index (κ3) is 2.58. The van der Waals surface area contributed by atoms with Gasteiger partial charge >= 0.3 is 6.09 Å². The summed E-state index contributed by atoms with van der Waals surface area (Å²) in [5.41, 5.74) is 0. The number of ether oxygens (including phenoxy) is 1. The van der Waals surface area contributed by atoms with E-state index >= 15 is 0 Å². The van der Waals surface area contributed by atoms with Gasteiger partial charge in [-0.2, -0.15) is 0 Å². The molecule has 20 heavy (non-hydrogen) atoms. The fourth-order valence-electron chi connectivity index (χ4n) is 3.94. The zero-order valence-electron chi connectivity index (χ0n) is 12.4. The normalized spacial score (nSPS) is 28.6.